The van der Waals surface area contributed by atoms with Gasteiger partial charge in [-0.3, -0.25) is 4.79 Å². The minimum Gasteiger partial charge on any atom is -0.322 e. The van der Waals surface area contributed by atoms with Crippen molar-refractivity contribution >= 4 is 34.7 Å². The number of halogens is 1. The number of amides is 1. The Morgan fingerprint density at radius 1 is 1.24 bits per heavy atom. The van der Waals surface area contributed by atoms with E-state index in [2.05, 4.69) is 10.3 Å². The molecular formula is C19H17FN2OS2. The zero-order valence-electron chi connectivity index (χ0n) is 13.9. The molecule has 0 aliphatic rings. The van der Waals surface area contributed by atoms with Crippen molar-refractivity contribution in [2.24, 2.45) is 0 Å². The maximum Gasteiger partial charge on any atom is 0.256 e. The second kappa shape index (κ2) is 7.80. The molecule has 0 radical (unpaired) electrons. The van der Waals surface area contributed by atoms with Gasteiger partial charge in [-0.05, 0) is 49.7 Å². The molecule has 0 fully saturated rings. The summed E-state index contributed by atoms with van der Waals surface area (Å²) >= 11 is 3.20. The van der Waals surface area contributed by atoms with Crippen LogP contribution in [0.4, 0.5) is 10.1 Å². The lowest BCUT2D eigenvalue weighted by Gasteiger charge is -2.11. The summed E-state index contributed by atoms with van der Waals surface area (Å²) in [4.78, 5) is 18.0. The number of hydrogen-bond acceptors (Lipinski definition) is 4. The number of benzene rings is 2. The minimum atomic E-state index is -0.315. The van der Waals surface area contributed by atoms with E-state index in [9.17, 15) is 9.18 Å². The SMILES string of the molecule is Cc1nc(CSc2ccccc2C(=O)Nc2ccc(F)cc2C)cs1. The van der Waals surface area contributed by atoms with Crippen molar-refractivity contribution in [2.45, 2.75) is 24.5 Å². The van der Waals surface area contributed by atoms with Gasteiger partial charge in [0, 0.05) is 21.7 Å². The summed E-state index contributed by atoms with van der Waals surface area (Å²) in [6.45, 7) is 3.75. The van der Waals surface area contributed by atoms with Gasteiger partial charge in [0.1, 0.15) is 5.82 Å². The molecule has 0 bridgehead atoms. The van der Waals surface area contributed by atoms with Crippen LogP contribution in [-0.2, 0) is 5.75 Å². The number of nitrogens with zero attached hydrogens (tertiary/aromatic N) is 1. The summed E-state index contributed by atoms with van der Waals surface area (Å²) in [5, 5.41) is 5.93. The number of carbonyl (C=O) groups excluding carboxylic acids is 1. The van der Waals surface area contributed by atoms with Crippen molar-refractivity contribution < 1.29 is 9.18 Å². The van der Waals surface area contributed by atoms with E-state index in [-0.39, 0.29) is 11.7 Å². The molecule has 0 atom stereocenters. The predicted molar refractivity (Wildman–Crippen MR) is 102 cm³/mol. The quantitative estimate of drug-likeness (QED) is 0.606. The molecule has 1 amide bonds. The standard InChI is InChI=1S/C19H17FN2OS2/c1-12-9-14(20)7-8-17(12)22-19(23)16-5-3-4-6-18(16)25-11-15-10-24-13(2)21-15/h3-10H,11H2,1-2H3,(H,22,23). The number of rotatable bonds is 5. The largest absolute Gasteiger partial charge is 0.322 e. The Hall–Kier alpha value is -2.18. The lowest BCUT2D eigenvalue weighted by molar-refractivity contribution is 0.102. The van der Waals surface area contributed by atoms with Crippen molar-refractivity contribution in [1.82, 2.24) is 4.98 Å². The van der Waals surface area contributed by atoms with Crippen LogP contribution < -0.4 is 5.32 Å². The van der Waals surface area contributed by atoms with Crippen LogP contribution in [0.3, 0.4) is 0 Å². The smallest absolute Gasteiger partial charge is 0.256 e. The van der Waals surface area contributed by atoms with Crippen LogP contribution >= 0.6 is 23.1 Å². The first-order valence-electron chi connectivity index (χ1n) is 7.73. The maximum absolute atomic E-state index is 13.2. The van der Waals surface area contributed by atoms with Gasteiger partial charge in [0.05, 0.1) is 16.3 Å². The normalized spacial score (nSPS) is 10.7. The Balaban J connectivity index is 1.76. The third-order valence-corrected chi connectivity index (χ3v) is 5.54. The molecule has 1 aromatic heterocycles. The Labute approximate surface area is 154 Å². The third-order valence-electron chi connectivity index (χ3n) is 3.61. The van der Waals surface area contributed by atoms with Crippen LogP contribution in [0.1, 0.15) is 26.6 Å². The fraction of sp³-hybridized carbons (Fsp3) is 0.158. The lowest BCUT2D eigenvalue weighted by Crippen LogP contribution is -2.14. The van der Waals surface area contributed by atoms with Crippen molar-refractivity contribution in [2.75, 3.05) is 5.32 Å². The zero-order valence-corrected chi connectivity index (χ0v) is 15.5. The molecule has 2 aromatic carbocycles. The van der Waals surface area contributed by atoms with E-state index in [1.807, 2.05) is 30.5 Å². The molecule has 128 valence electrons. The molecule has 0 saturated heterocycles. The van der Waals surface area contributed by atoms with Crippen LogP contribution in [0.2, 0.25) is 0 Å². The van der Waals surface area contributed by atoms with Crippen LogP contribution in [0, 0.1) is 19.7 Å². The van der Waals surface area contributed by atoms with E-state index in [0.29, 0.717) is 22.6 Å². The number of anilines is 1. The average Bonchev–Trinajstić information content (AvgIpc) is 3.01. The number of nitrogens with one attached hydrogen (secondary N) is 1. The average molecular weight is 372 g/mol. The highest BCUT2D eigenvalue weighted by atomic mass is 32.2. The van der Waals surface area contributed by atoms with Crippen LogP contribution in [0.5, 0.6) is 0 Å². The Kier molecular flexibility index (Phi) is 5.50. The Bertz CT molecular complexity index is 908. The fourth-order valence-electron chi connectivity index (χ4n) is 2.36. The van der Waals surface area contributed by atoms with E-state index in [4.69, 9.17) is 0 Å². The van der Waals surface area contributed by atoms with Gasteiger partial charge >= 0.3 is 0 Å². The summed E-state index contributed by atoms with van der Waals surface area (Å²) in [6, 6.07) is 11.8. The van der Waals surface area contributed by atoms with Gasteiger partial charge in [-0.15, -0.1) is 23.1 Å². The molecule has 3 nitrogen and oxygen atoms in total. The van der Waals surface area contributed by atoms with Gasteiger partial charge in [0.15, 0.2) is 0 Å². The van der Waals surface area contributed by atoms with Crippen LogP contribution in [0.15, 0.2) is 52.7 Å². The number of thiazole rings is 1. The summed E-state index contributed by atoms with van der Waals surface area (Å²) in [5.41, 5.74) is 2.91. The molecule has 1 N–H and O–H groups in total. The Morgan fingerprint density at radius 2 is 2.04 bits per heavy atom. The highest BCUT2D eigenvalue weighted by Crippen LogP contribution is 2.28. The Morgan fingerprint density at radius 3 is 2.76 bits per heavy atom. The third kappa shape index (κ3) is 4.46. The fourth-order valence-corrected chi connectivity index (χ4v) is 4.02. The number of hydrogen-bond donors (Lipinski definition) is 1. The van der Waals surface area contributed by atoms with Crippen molar-refractivity contribution in [3.63, 3.8) is 0 Å². The predicted octanol–water partition coefficient (Wildman–Crippen LogP) is 5.44. The molecule has 1 heterocycles. The first kappa shape index (κ1) is 17.6. The van der Waals surface area contributed by atoms with E-state index in [1.165, 1.54) is 12.1 Å². The molecule has 0 aliphatic carbocycles. The number of carbonyl (C=O) groups is 1. The number of thioether (sulfide) groups is 1. The summed E-state index contributed by atoms with van der Waals surface area (Å²) in [6.07, 6.45) is 0. The summed E-state index contributed by atoms with van der Waals surface area (Å²) in [7, 11) is 0. The van der Waals surface area contributed by atoms with E-state index >= 15 is 0 Å². The summed E-state index contributed by atoms with van der Waals surface area (Å²) < 4.78 is 13.2. The first-order valence-corrected chi connectivity index (χ1v) is 9.60. The molecule has 3 rings (SSSR count). The molecule has 0 spiro atoms. The van der Waals surface area contributed by atoms with Crippen LogP contribution in [0.25, 0.3) is 0 Å². The monoisotopic (exact) mass is 372 g/mol. The van der Waals surface area contributed by atoms with Gasteiger partial charge in [-0.25, -0.2) is 9.37 Å². The molecular weight excluding hydrogens is 355 g/mol. The van der Waals surface area contributed by atoms with Gasteiger partial charge in [-0.2, -0.15) is 0 Å². The van der Waals surface area contributed by atoms with Gasteiger partial charge in [0.25, 0.3) is 5.91 Å². The van der Waals surface area contributed by atoms with Crippen molar-refractivity contribution in [3.05, 3.63) is 75.5 Å². The van der Waals surface area contributed by atoms with E-state index in [1.54, 1.807) is 42.2 Å². The van der Waals surface area contributed by atoms with Gasteiger partial charge in [0.2, 0.25) is 0 Å². The molecule has 6 heteroatoms. The minimum absolute atomic E-state index is 0.202. The molecule has 0 aliphatic heterocycles. The zero-order chi connectivity index (χ0) is 17.8. The molecule has 3 aromatic rings. The highest BCUT2D eigenvalue weighted by Gasteiger charge is 2.13. The first-order chi connectivity index (χ1) is 12.0. The maximum atomic E-state index is 13.2. The van der Waals surface area contributed by atoms with Crippen molar-refractivity contribution in [1.29, 1.82) is 0 Å². The second-order valence-corrected chi connectivity index (χ2v) is 7.64. The molecule has 0 unspecified atom stereocenters. The van der Waals surface area contributed by atoms with Gasteiger partial charge in [-0.1, -0.05) is 12.1 Å². The second-order valence-electron chi connectivity index (χ2n) is 5.56. The lowest BCUT2D eigenvalue weighted by atomic mass is 10.1. The number of aromatic nitrogens is 1. The number of aryl methyl sites for hydroxylation is 2. The van der Waals surface area contributed by atoms with E-state index < -0.39 is 0 Å². The highest BCUT2D eigenvalue weighted by molar-refractivity contribution is 7.98. The van der Waals surface area contributed by atoms with Gasteiger partial charge < -0.3 is 5.32 Å². The van der Waals surface area contributed by atoms with Crippen molar-refractivity contribution in [3.8, 4) is 0 Å². The summed E-state index contributed by atoms with van der Waals surface area (Å²) in [5.74, 6) is 0.196. The van der Waals surface area contributed by atoms with Crippen LogP contribution in [-0.4, -0.2) is 10.9 Å². The molecule has 0 saturated carbocycles. The topological polar surface area (TPSA) is 42.0 Å². The molecule has 25 heavy (non-hydrogen) atoms. The van der Waals surface area contributed by atoms with E-state index in [0.717, 1.165) is 15.6 Å².